The van der Waals surface area contributed by atoms with Gasteiger partial charge in [0.25, 0.3) is 5.91 Å². The van der Waals surface area contributed by atoms with Crippen LogP contribution in [-0.2, 0) is 0 Å². The van der Waals surface area contributed by atoms with E-state index in [0.29, 0.717) is 12.1 Å². The zero-order valence-electron chi connectivity index (χ0n) is 15.0. The second kappa shape index (κ2) is 9.40. The number of aromatic nitrogens is 2. The fourth-order valence-corrected chi connectivity index (χ4v) is 3.44. The molecule has 0 spiro atoms. The maximum Gasteiger partial charge on any atom is 0.251 e. The van der Waals surface area contributed by atoms with Gasteiger partial charge in [-0.25, -0.2) is 9.97 Å². The predicted molar refractivity (Wildman–Crippen MR) is 101 cm³/mol. The Kier molecular flexibility index (Phi) is 6.68. The summed E-state index contributed by atoms with van der Waals surface area (Å²) in [6, 6.07) is 7.77. The third-order valence-electron chi connectivity index (χ3n) is 4.89. The Balaban J connectivity index is 1.49. The highest BCUT2D eigenvalue weighted by Gasteiger charge is 2.20. The summed E-state index contributed by atoms with van der Waals surface area (Å²) in [7, 11) is 0. The van der Waals surface area contributed by atoms with E-state index in [4.69, 9.17) is 0 Å². The lowest BCUT2D eigenvalue weighted by molar-refractivity contribution is 0.0868. The van der Waals surface area contributed by atoms with Crippen molar-refractivity contribution >= 4 is 5.91 Å². The van der Waals surface area contributed by atoms with Crippen LogP contribution in [-0.4, -0.2) is 58.2 Å². The molecule has 2 N–H and O–H groups in total. The van der Waals surface area contributed by atoms with Crippen molar-refractivity contribution in [1.29, 1.82) is 0 Å². The van der Waals surface area contributed by atoms with Crippen LogP contribution in [0.5, 0.6) is 0 Å². The van der Waals surface area contributed by atoms with Gasteiger partial charge in [0.1, 0.15) is 6.33 Å². The molecule has 1 aliphatic rings. The number of hydrogen-bond donors (Lipinski definition) is 2. The number of hydrogen-bond acceptors (Lipinski definition) is 5. The van der Waals surface area contributed by atoms with Crippen molar-refractivity contribution in [3.63, 3.8) is 0 Å². The average Bonchev–Trinajstić information content (AvgIpc) is 2.72. The molecule has 1 aliphatic heterocycles. The topological polar surface area (TPSA) is 78.4 Å². The molecule has 1 fully saturated rings. The van der Waals surface area contributed by atoms with Gasteiger partial charge in [-0.15, -0.1) is 0 Å². The van der Waals surface area contributed by atoms with Crippen molar-refractivity contribution in [2.75, 3.05) is 26.2 Å². The summed E-state index contributed by atoms with van der Waals surface area (Å²) in [5, 5.41) is 12.4. The van der Waals surface area contributed by atoms with Crippen LogP contribution < -0.4 is 5.32 Å². The number of amides is 1. The van der Waals surface area contributed by atoms with Gasteiger partial charge in [-0.05, 0) is 43.5 Å². The SMILES string of the molecule is O=C(NCCCN1CCCCC1CO)c1cccc(-c2cncnc2)c1. The summed E-state index contributed by atoms with van der Waals surface area (Å²) in [6.07, 6.45) is 9.30. The summed E-state index contributed by atoms with van der Waals surface area (Å²) < 4.78 is 0. The summed E-state index contributed by atoms with van der Waals surface area (Å²) >= 11 is 0. The van der Waals surface area contributed by atoms with Crippen LogP contribution in [0.3, 0.4) is 0 Å². The van der Waals surface area contributed by atoms with Crippen molar-refractivity contribution in [2.45, 2.75) is 31.7 Å². The lowest BCUT2D eigenvalue weighted by Crippen LogP contribution is -2.43. The number of aliphatic hydroxyl groups is 1. The molecule has 1 unspecified atom stereocenters. The Morgan fingerprint density at radius 2 is 2.08 bits per heavy atom. The van der Waals surface area contributed by atoms with Gasteiger partial charge < -0.3 is 10.4 Å². The minimum atomic E-state index is -0.0685. The molecule has 0 saturated carbocycles. The zero-order valence-corrected chi connectivity index (χ0v) is 15.0. The molecule has 26 heavy (non-hydrogen) atoms. The lowest BCUT2D eigenvalue weighted by atomic mass is 10.0. The van der Waals surface area contributed by atoms with Crippen molar-refractivity contribution in [3.05, 3.63) is 48.5 Å². The van der Waals surface area contributed by atoms with Crippen LogP contribution in [0.15, 0.2) is 43.0 Å². The first kappa shape index (κ1) is 18.5. The first-order chi connectivity index (χ1) is 12.8. The van der Waals surface area contributed by atoms with Crippen LogP contribution in [0.2, 0.25) is 0 Å². The molecule has 1 aromatic heterocycles. The number of benzene rings is 1. The van der Waals surface area contributed by atoms with E-state index in [0.717, 1.165) is 37.1 Å². The number of carbonyl (C=O) groups excluding carboxylic acids is 1. The fraction of sp³-hybridized carbons (Fsp3) is 0.450. The van der Waals surface area contributed by atoms with E-state index in [9.17, 15) is 9.90 Å². The van der Waals surface area contributed by atoms with Crippen molar-refractivity contribution in [1.82, 2.24) is 20.2 Å². The average molecular weight is 354 g/mol. The predicted octanol–water partition coefficient (Wildman–Crippen LogP) is 2.11. The van der Waals surface area contributed by atoms with E-state index in [1.54, 1.807) is 12.4 Å². The molecule has 6 nitrogen and oxygen atoms in total. The van der Waals surface area contributed by atoms with Gasteiger partial charge in [0, 0.05) is 42.7 Å². The molecule has 138 valence electrons. The number of nitrogens with one attached hydrogen (secondary N) is 1. The summed E-state index contributed by atoms with van der Waals surface area (Å²) in [5.41, 5.74) is 2.46. The molecule has 1 saturated heterocycles. The highest BCUT2D eigenvalue weighted by atomic mass is 16.3. The van der Waals surface area contributed by atoms with Crippen molar-refractivity contribution in [3.8, 4) is 11.1 Å². The largest absolute Gasteiger partial charge is 0.395 e. The van der Waals surface area contributed by atoms with Crippen LogP contribution in [0.25, 0.3) is 11.1 Å². The first-order valence-corrected chi connectivity index (χ1v) is 9.26. The van der Waals surface area contributed by atoms with E-state index in [-0.39, 0.29) is 18.6 Å². The monoisotopic (exact) mass is 354 g/mol. The number of nitrogens with zero attached hydrogens (tertiary/aromatic N) is 3. The summed E-state index contributed by atoms with van der Waals surface area (Å²) in [6.45, 7) is 2.81. The Morgan fingerprint density at radius 3 is 2.88 bits per heavy atom. The van der Waals surface area contributed by atoms with Crippen molar-refractivity contribution in [2.24, 2.45) is 0 Å². The quantitative estimate of drug-likeness (QED) is 0.745. The fourth-order valence-electron chi connectivity index (χ4n) is 3.44. The van der Waals surface area contributed by atoms with Crippen LogP contribution in [0, 0.1) is 0 Å². The zero-order chi connectivity index (χ0) is 18.2. The summed E-state index contributed by atoms with van der Waals surface area (Å²) in [4.78, 5) is 22.8. The number of likely N-dealkylation sites (tertiary alicyclic amines) is 1. The normalized spacial score (nSPS) is 17.8. The Morgan fingerprint density at radius 1 is 1.23 bits per heavy atom. The number of aliphatic hydroxyl groups excluding tert-OH is 1. The van der Waals surface area contributed by atoms with E-state index < -0.39 is 0 Å². The van der Waals surface area contributed by atoms with Gasteiger partial charge in [-0.2, -0.15) is 0 Å². The molecule has 1 amide bonds. The van der Waals surface area contributed by atoms with Gasteiger partial charge in [-0.3, -0.25) is 9.69 Å². The third-order valence-corrected chi connectivity index (χ3v) is 4.89. The van der Waals surface area contributed by atoms with E-state index >= 15 is 0 Å². The Bertz CT molecular complexity index is 708. The Hall–Kier alpha value is -2.31. The minimum Gasteiger partial charge on any atom is -0.395 e. The van der Waals surface area contributed by atoms with Crippen molar-refractivity contribution < 1.29 is 9.90 Å². The molecule has 1 aromatic carbocycles. The van der Waals surface area contributed by atoms with Gasteiger partial charge in [0.2, 0.25) is 0 Å². The van der Waals surface area contributed by atoms with Gasteiger partial charge in [-0.1, -0.05) is 18.6 Å². The standard InChI is InChI=1S/C20H26N4O2/c25-14-19-7-1-2-9-24(19)10-4-8-23-20(26)17-6-3-5-16(11-17)18-12-21-15-22-13-18/h3,5-6,11-13,15,19,25H,1-2,4,7-10,14H2,(H,23,26). The van der Waals surface area contributed by atoms with E-state index in [1.807, 2.05) is 24.3 Å². The minimum absolute atomic E-state index is 0.0685. The smallest absolute Gasteiger partial charge is 0.251 e. The number of rotatable bonds is 7. The number of piperidine rings is 1. The molecule has 0 radical (unpaired) electrons. The maximum absolute atomic E-state index is 12.4. The highest BCUT2D eigenvalue weighted by molar-refractivity contribution is 5.95. The maximum atomic E-state index is 12.4. The first-order valence-electron chi connectivity index (χ1n) is 9.26. The second-order valence-electron chi connectivity index (χ2n) is 6.69. The van der Waals surface area contributed by atoms with Crippen LogP contribution in [0.4, 0.5) is 0 Å². The Labute approximate surface area is 154 Å². The van der Waals surface area contributed by atoms with E-state index in [1.165, 1.54) is 19.2 Å². The molecule has 0 bridgehead atoms. The van der Waals surface area contributed by atoms with Gasteiger partial charge >= 0.3 is 0 Å². The summed E-state index contributed by atoms with van der Waals surface area (Å²) in [5.74, 6) is -0.0685. The molecule has 0 aliphatic carbocycles. The molecule has 3 rings (SSSR count). The van der Waals surface area contributed by atoms with Crippen LogP contribution in [0.1, 0.15) is 36.0 Å². The van der Waals surface area contributed by atoms with Crippen LogP contribution >= 0.6 is 0 Å². The van der Waals surface area contributed by atoms with Gasteiger partial charge in [0.15, 0.2) is 0 Å². The number of carbonyl (C=O) groups is 1. The third kappa shape index (κ3) is 4.86. The molecular formula is C20H26N4O2. The molecular weight excluding hydrogens is 328 g/mol. The molecule has 2 heterocycles. The van der Waals surface area contributed by atoms with Gasteiger partial charge in [0.05, 0.1) is 6.61 Å². The molecule has 6 heteroatoms. The lowest BCUT2D eigenvalue weighted by Gasteiger charge is -2.34. The van der Waals surface area contributed by atoms with E-state index in [2.05, 4.69) is 20.2 Å². The second-order valence-corrected chi connectivity index (χ2v) is 6.69. The molecule has 2 aromatic rings. The highest BCUT2D eigenvalue weighted by Crippen LogP contribution is 2.19. The molecule has 1 atom stereocenters.